The second kappa shape index (κ2) is 3.29. The molecular formula is C5H10NO2S-. The lowest BCUT2D eigenvalue weighted by Crippen LogP contribution is -2.31. The van der Waals surface area contributed by atoms with Gasteiger partial charge in [0, 0.05) is 24.4 Å². The highest BCUT2D eigenvalue weighted by molar-refractivity contribution is 7.76. The summed E-state index contributed by atoms with van der Waals surface area (Å²) in [5.74, 6) is 0. The Bertz CT molecular complexity index is 112. The first-order valence-corrected chi connectivity index (χ1v) is 4.18. The van der Waals surface area contributed by atoms with Crippen LogP contribution in [0.5, 0.6) is 0 Å². The van der Waals surface area contributed by atoms with Crippen molar-refractivity contribution >= 4 is 11.3 Å². The third-order valence-corrected chi connectivity index (χ3v) is 2.31. The van der Waals surface area contributed by atoms with E-state index in [-0.39, 0.29) is 0 Å². The van der Waals surface area contributed by atoms with Gasteiger partial charge in [0.2, 0.25) is 0 Å². The third kappa shape index (κ3) is 2.04. The Kier molecular flexibility index (Phi) is 2.63. The molecule has 1 aliphatic heterocycles. The van der Waals surface area contributed by atoms with Crippen molar-refractivity contribution < 1.29 is 8.76 Å². The van der Waals surface area contributed by atoms with Gasteiger partial charge in [-0.15, -0.1) is 0 Å². The second-order valence-corrected chi connectivity index (χ2v) is 3.16. The van der Waals surface area contributed by atoms with E-state index in [9.17, 15) is 8.76 Å². The first-order chi connectivity index (χ1) is 4.30. The lowest BCUT2D eigenvalue weighted by Gasteiger charge is -2.27. The lowest BCUT2D eigenvalue weighted by molar-refractivity contribution is 0.333. The summed E-state index contributed by atoms with van der Waals surface area (Å²) in [7, 11) is 0. The standard InChI is InChI=1S/C5H11NO2S/c7-9(8)6-4-2-1-3-5-6/h1-5H2,(H,7,8)/p-1. The molecule has 0 bridgehead atoms. The molecule has 1 aliphatic rings. The minimum absolute atomic E-state index is 0.718. The molecule has 3 nitrogen and oxygen atoms in total. The first-order valence-electron chi connectivity index (χ1n) is 3.15. The van der Waals surface area contributed by atoms with Crippen LogP contribution in [-0.4, -0.2) is 26.2 Å². The van der Waals surface area contributed by atoms with Crippen molar-refractivity contribution in [1.29, 1.82) is 0 Å². The highest BCUT2D eigenvalue weighted by atomic mass is 32.2. The van der Waals surface area contributed by atoms with Crippen LogP contribution in [0.1, 0.15) is 19.3 Å². The average Bonchev–Trinajstić information content (AvgIpc) is 1.90. The van der Waals surface area contributed by atoms with Crippen molar-refractivity contribution in [2.24, 2.45) is 0 Å². The van der Waals surface area contributed by atoms with E-state index in [0.717, 1.165) is 25.9 Å². The Labute approximate surface area is 57.5 Å². The second-order valence-electron chi connectivity index (χ2n) is 2.21. The van der Waals surface area contributed by atoms with Gasteiger partial charge in [-0.25, -0.2) is 4.31 Å². The van der Waals surface area contributed by atoms with Gasteiger partial charge in [-0.1, -0.05) is 6.42 Å². The van der Waals surface area contributed by atoms with Crippen LogP contribution >= 0.6 is 0 Å². The van der Waals surface area contributed by atoms with E-state index in [1.807, 2.05) is 0 Å². The van der Waals surface area contributed by atoms with E-state index < -0.39 is 11.3 Å². The number of hydrogen-bond acceptors (Lipinski definition) is 2. The molecule has 1 unspecified atom stereocenters. The monoisotopic (exact) mass is 148 g/mol. The van der Waals surface area contributed by atoms with Crippen LogP contribution in [-0.2, 0) is 11.3 Å². The zero-order valence-electron chi connectivity index (χ0n) is 5.21. The molecule has 0 aliphatic carbocycles. The predicted octanol–water partition coefficient (Wildman–Crippen LogP) is 0.266. The summed E-state index contributed by atoms with van der Waals surface area (Å²) in [4.78, 5) is 0. The quantitative estimate of drug-likeness (QED) is 0.501. The maximum absolute atomic E-state index is 10.3. The Morgan fingerprint density at radius 2 is 1.78 bits per heavy atom. The first kappa shape index (κ1) is 7.18. The maximum atomic E-state index is 10.3. The predicted molar refractivity (Wildman–Crippen MR) is 34.3 cm³/mol. The van der Waals surface area contributed by atoms with Crippen LogP contribution in [0, 0.1) is 0 Å². The molecule has 0 aromatic heterocycles. The summed E-state index contributed by atoms with van der Waals surface area (Å²) in [5.41, 5.74) is 0. The van der Waals surface area contributed by atoms with Gasteiger partial charge in [-0.3, -0.25) is 4.21 Å². The molecule has 9 heavy (non-hydrogen) atoms. The van der Waals surface area contributed by atoms with Crippen molar-refractivity contribution in [3.63, 3.8) is 0 Å². The fraction of sp³-hybridized carbons (Fsp3) is 1.00. The van der Waals surface area contributed by atoms with Crippen LogP contribution in [0.15, 0.2) is 0 Å². The summed E-state index contributed by atoms with van der Waals surface area (Å²) < 4.78 is 22.0. The van der Waals surface area contributed by atoms with Crippen LogP contribution in [0.2, 0.25) is 0 Å². The molecule has 1 heterocycles. The van der Waals surface area contributed by atoms with Gasteiger partial charge < -0.3 is 4.55 Å². The maximum Gasteiger partial charge on any atom is 0.0209 e. The topological polar surface area (TPSA) is 43.4 Å². The minimum Gasteiger partial charge on any atom is -0.760 e. The van der Waals surface area contributed by atoms with Crippen molar-refractivity contribution in [3.8, 4) is 0 Å². The molecule has 1 atom stereocenters. The van der Waals surface area contributed by atoms with Crippen LogP contribution < -0.4 is 0 Å². The average molecular weight is 148 g/mol. The fourth-order valence-corrected chi connectivity index (χ4v) is 1.57. The third-order valence-electron chi connectivity index (χ3n) is 1.53. The van der Waals surface area contributed by atoms with E-state index in [2.05, 4.69) is 0 Å². The number of nitrogens with zero attached hydrogens (tertiary/aromatic N) is 1. The number of rotatable bonds is 1. The highest BCUT2D eigenvalue weighted by Gasteiger charge is 2.08. The molecule has 1 fully saturated rings. The van der Waals surface area contributed by atoms with Gasteiger partial charge in [-0.2, -0.15) is 0 Å². The Morgan fingerprint density at radius 3 is 2.11 bits per heavy atom. The Balaban J connectivity index is 2.31. The van der Waals surface area contributed by atoms with E-state index >= 15 is 0 Å². The summed E-state index contributed by atoms with van der Waals surface area (Å²) in [6, 6.07) is 0. The summed E-state index contributed by atoms with van der Waals surface area (Å²) in [6.07, 6.45) is 3.22. The molecule has 0 N–H and O–H groups in total. The molecule has 0 spiro atoms. The molecule has 0 saturated carbocycles. The minimum atomic E-state index is -1.97. The van der Waals surface area contributed by atoms with Crippen LogP contribution in [0.4, 0.5) is 0 Å². The van der Waals surface area contributed by atoms with Gasteiger partial charge in [0.25, 0.3) is 0 Å². The van der Waals surface area contributed by atoms with E-state index in [4.69, 9.17) is 0 Å². The van der Waals surface area contributed by atoms with Gasteiger partial charge in [0.15, 0.2) is 0 Å². The van der Waals surface area contributed by atoms with E-state index in [0.29, 0.717) is 0 Å². The summed E-state index contributed by atoms with van der Waals surface area (Å²) in [6.45, 7) is 1.44. The summed E-state index contributed by atoms with van der Waals surface area (Å²) >= 11 is -1.97. The molecule has 0 amide bonds. The molecule has 1 saturated heterocycles. The molecular weight excluding hydrogens is 138 g/mol. The number of piperidine rings is 1. The van der Waals surface area contributed by atoms with Crippen molar-refractivity contribution in [2.45, 2.75) is 19.3 Å². The summed E-state index contributed by atoms with van der Waals surface area (Å²) in [5, 5.41) is 0. The van der Waals surface area contributed by atoms with E-state index in [1.54, 1.807) is 0 Å². The van der Waals surface area contributed by atoms with Crippen molar-refractivity contribution in [1.82, 2.24) is 4.31 Å². The van der Waals surface area contributed by atoms with Crippen LogP contribution in [0.25, 0.3) is 0 Å². The van der Waals surface area contributed by atoms with Gasteiger partial charge in [-0.05, 0) is 12.8 Å². The largest absolute Gasteiger partial charge is 0.760 e. The highest BCUT2D eigenvalue weighted by Crippen LogP contribution is 2.08. The fourth-order valence-electron chi connectivity index (χ4n) is 1.01. The van der Waals surface area contributed by atoms with Gasteiger partial charge in [0.05, 0.1) is 0 Å². The zero-order valence-corrected chi connectivity index (χ0v) is 6.02. The molecule has 4 heteroatoms. The van der Waals surface area contributed by atoms with Gasteiger partial charge in [0.1, 0.15) is 0 Å². The van der Waals surface area contributed by atoms with Gasteiger partial charge >= 0.3 is 0 Å². The Hall–Kier alpha value is 0.0700. The molecule has 54 valence electrons. The SMILES string of the molecule is O=S([O-])N1CCCCC1. The smallest absolute Gasteiger partial charge is 0.0209 e. The molecule has 0 aromatic carbocycles. The zero-order chi connectivity index (χ0) is 6.69. The van der Waals surface area contributed by atoms with Crippen molar-refractivity contribution in [3.05, 3.63) is 0 Å². The molecule has 0 aromatic rings. The van der Waals surface area contributed by atoms with Crippen LogP contribution in [0.3, 0.4) is 0 Å². The lowest BCUT2D eigenvalue weighted by atomic mass is 10.2. The molecule has 1 rings (SSSR count). The van der Waals surface area contributed by atoms with E-state index in [1.165, 1.54) is 10.7 Å². The normalized spacial score (nSPS) is 25.9. The molecule has 0 radical (unpaired) electrons. The number of hydrogen-bond donors (Lipinski definition) is 0. The van der Waals surface area contributed by atoms with Crippen molar-refractivity contribution in [2.75, 3.05) is 13.1 Å². The Morgan fingerprint density at radius 1 is 1.22 bits per heavy atom.